The van der Waals surface area contributed by atoms with Crippen molar-refractivity contribution in [1.82, 2.24) is 24.3 Å². The van der Waals surface area contributed by atoms with Crippen molar-refractivity contribution >= 4 is 6.21 Å². The molecule has 0 N–H and O–H groups in total. The average molecular weight is 278 g/mol. The zero-order valence-corrected chi connectivity index (χ0v) is 11.6. The molecule has 6 heteroatoms. The van der Waals surface area contributed by atoms with Gasteiger partial charge in [-0.1, -0.05) is 30.3 Å². The Balaban J connectivity index is 1.81. The number of benzene rings is 1. The van der Waals surface area contributed by atoms with Gasteiger partial charge in [0.25, 0.3) is 0 Å². The molecule has 0 spiro atoms. The number of aromatic nitrogens is 5. The van der Waals surface area contributed by atoms with Crippen LogP contribution in [0.2, 0.25) is 0 Å². The number of rotatable bonds is 2. The van der Waals surface area contributed by atoms with E-state index in [0.29, 0.717) is 0 Å². The molecule has 3 aromatic rings. The van der Waals surface area contributed by atoms with Crippen LogP contribution in [-0.4, -0.2) is 37.1 Å². The van der Waals surface area contributed by atoms with Crippen molar-refractivity contribution in [2.24, 2.45) is 12.0 Å². The van der Waals surface area contributed by atoms with E-state index in [0.717, 1.165) is 41.8 Å². The predicted molar refractivity (Wildman–Crippen MR) is 80.1 cm³/mol. The Labute approximate surface area is 121 Å². The maximum atomic E-state index is 4.73. The number of aliphatic imine (C=N–C) groups is 1. The van der Waals surface area contributed by atoms with Crippen LogP contribution < -0.4 is 0 Å². The van der Waals surface area contributed by atoms with Gasteiger partial charge in [-0.2, -0.15) is 0 Å². The molecule has 2 aromatic heterocycles. The molecule has 0 bridgehead atoms. The number of imidazole rings is 1. The smallest absolute Gasteiger partial charge is 0.184 e. The molecule has 1 aliphatic heterocycles. The molecule has 0 saturated heterocycles. The topological polar surface area (TPSA) is 60.9 Å². The molecule has 0 atom stereocenters. The normalized spacial score (nSPS) is 13.4. The summed E-state index contributed by atoms with van der Waals surface area (Å²) in [6.07, 6.45) is 3.76. The standard InChI is InChI=1S/C15H14N6/c1-20-10-12(17-14(20)11-5-3-2-4-6-11)15-19-18-13-9-16-7-8-21(13)15/h2-6,9-10H,7-8H2,1H3. The van der Waals surface area contributed by atoms with E-state index >= 15 is 0 Å². The molecule has 0 unspecified atom stereocenters. The summed E-state index contributed by atoms with van der Waals surface area (Å²) in [5, 5.41) is 8.42. The van der Waals surface area contributed by atoms with Gasteiger partial charge in [-0.05, 0) is 0 Å². The number of fused-ring (bicyclic) bond motifs is 1. The first-order valence-electron chi connectivity index (χ1n) is 6.85. The Hall–Kier alpha value is -2.76. The summed E-state index contributed by atoms with van der Waals surface area (Å²) in [5.74, 6) is 2.52. The second kappa shape index (κ2) is 4.66. The minimum Gasteiger partial charge on any atom is -0.333 e. The third-order valence-corrected chi connectivity index (χ3v) is 3.58. The molecule has 0 amide bonds. The summed E-state index contributed by atoms with van der Waals surface area (Å²) in [7, 11) is 1.99. The maximum Gasteiger partial charge on any atom is 0.184 e. The van der Waals surface area contributed by atoms with Gasteiger partial charge in [0.15, 0.2) is 11.6 Å². The van der Waals surface area contributed by atoms with Gasteiger partial charge in [0, 0.05) is 25.4 Å². The van der Waals surface area contributed by atoms with Crippen molar-refractivity contribution in [3.05, 3.63) is 42.4 Å². The monoisotopic (exact) mass is 278 g/mol. The molecule has 3 heterocycles. The number of nitrogens with zero attached hydrogens (tertiary/aromatic N) is 6. The molecule has 21 heavy (non-hydrogen) atoms. The van der Waals surface area contributed by atoms with E-state index in [9.17, 15) is 0 Å². The van der Waals surface area contributed by atoms with Crippen LogP contribution >= 0.6 is 0 Å². The van der Waals surface area contributed by atoms with Crippen LogP contribution in [0.15, 0.2) is 41.5 Å². The van der Waals surface area contributed by atoms with Gasteiger partial charge in [-0.15, -0.1) is 10.2 Å². The van der Waals surface area contributed by atoms with Crippen LogP contribution in [0.4, 0.5) is 0 Å². The molecule has 0 saturated carbocycles. The summed E-state index contributed by atoms with van der Waals surface area (Å²) in [4.78, 5) is 8.95. The Morgan fingerprint density at radius 1 is 1.05 bits per heavy atom. The summed E-state index contributed by atoms with van der Waals surface area (Å²) >= 11 is 0. The second-order valence-electron chi connectivity index (χ2n) is 5.00. The fraction of sp³-hybridized carbons (Fsp3) is 0.200. The maximum absolute atomic E-state index is 4.73. The summed E-state index contributed by atoms with van der Waals surface area (Å²) in [6, 6.07) is 10.1. The summed E-state index contributed by atoms with van der Waals surface area (Å²) in [5.41, 5.74) is 1.93. The molecule has 0 aliphatic carbocycles. The van der Waals surface area contributed by atoms with Crippen molar-refractivity contribution < 1.29 is 0 Å². The van der Waals surface area contributed by atoms with Crippen molar-refractivity contribution in [2.75, 3.05) is 6.54 Å². The van der Waals surface area contributed by atoms with Crippen LogP contribution in [0.1, 0.15) is 5.82 Å². The quantitative estimate of drug-likeness (QED) is 0.718. The highest BCUT2D eigenvalue weighted by Gasteiger charge is 2.18. The highest BCUT2D eigenvalue weighted by atomic mass is 15.3. The zero-order valence-electron chi connectivity index (χ0n) is 11.6. The van der Waals surface area contributed by atoms with Gasteiger partial charge < -0.3 is 9.13 Å². The molecule has 4 rings (SSSR count). The highest BCUT2D eigenvalue weighted by Crippen LogP contribution is 2.23. The van der Waals surface area contributed by atoms with E-state index in [1.54, 1.807) is 6.21 Å². The molecular formula is C15H14N6. The molecule has 0 fully saturated rings. The van der Waals surface area contributed by atoms with Gasteiger partial charge in [0.2, 0.25) is 0 Å². The van der Waals surface area contributed by atoms with Crippen LogP contribution in [-0.2, 0) is 13.6 Å². The van der Waals surface area contributed by atoms with Crippen LogP contribution in [0.25, 0.3) is 22.9 Å². The first-order valence-corrected chi connectivity index (χ1v) is 6.85. The minimum absolute atomic E-state index is 0.760. The van der Waals surface area contributed by atoms with Gasteiger partial charge in [-0.25, -0.2) is 4.98 Å². The van der Waals surface area contributed by atoms with Crippen molar-refractivity contribution in [3.63, 3.8) is 0 Å². The van der Waals surface area contributed by atoms with Crippen molar-refractivity contribution in [1.29, 1.82) is 0 Å². The second-order valence-corrected chi connectivity index (χ2v) is 5.00. The predicted octanol–water partition coefficient (Wildman–Crippen LogP) is 1.78. The van der Waals surface area contributed by atoms with Gasteiger partial charge in [-0.3, -0.25) is 4.99 Å². The van der Waals surface area contributed by atoms with E-state index in [2.05, 4.69) is 31.9 Å². The fourth-order valence-corrected chi connectivity index (χ4v) is 2.55. The Morgan fingerprint density at radius 2 is 1.90 bits per heavy atom. The molecule has 1 aliphatic rings. The average Bonchev–Trinajstić information content (AvgIpc) is 3.11. The Morgan fingerprint density at radius 3 is 2.76 bits per heavy atom. The lowest BCUT2D eigenvalue weighted by molar-refractivity contribution is 0.691. The molecule has 104 valence electrons. The Bertz CT molecular complexity index is 812. The lowest BCUT2D eigenvalue weighted by Crippen LogP contribution is -2.12. The number of hydrogen-bond donors (Lipinski definition) is 0. The van der Waals surface area contributed by atoms with Crippen molar-refractivity contribution in [2.45, 2.75) is 6.54 Å². The van der Waals surface area contributed by atoms with E-state index in [-0.39, 0.29) is 0 Å². The van der Waals surface area contributed by atoms with E-state index < -0.39 is 0 Å². The Kier molecular flexibility index (Phi) is 2.67. The fourth-order valence-electron chi connectivity index (χ4n) is 2.55. The summed E-state index contributed by atoms with van der Waals surface area (Å²) in [6.45, 7) is 1.56. The van der Waals surface area contributed by atoms with Gasteiger partial charge in [0.1, 0.15) is 11.5 Å². The number of aryl methyl sites for hydroxylation is 1. The van der Waals surface area contributed by atoms with Crippen molar-refractivity contribution in [3.8, 4) is 22.9 Å². The van der Waals surface area contributed by atoms with Gasteiger partial charge in [0.05, 0.1) is 12.8 Å². The summed E-state index contributed by atoms with van der Waals surface area (Å²) < 4.78 is 4.08. The van der Waals surface area contributed by atoms with E-state index in [1.807, 2.05) is 36.0 Å². The molecule has 0 radical (unpaired) electrons. The van der Waals surface area contributed by atoms with Crippen LogP contribution in [0.3, 0.4) is 0 Å². The van der Waals surface area contributed by atoms with Crippen LogP contribution in [0, 0.1) is 0 Å². The zero-order chi connectivity index (χ0) is 14.2. The first-order chi connectivity index (χ1) is 10.3. The lowest BCUT2D eigenvalue weighted by atomic mass is 10.2. The van der Waals surface area contributed by atoms with Gasteiger partial charge >= 0.3 is 0 Å². The lowest BCUT2D eigenvalue weighted by Gasteiger charge is -2.08. The molecule has 1 aromatic carbocycles. The largest absolute Gasteiger partial charge is 0.333 e. The molecular weight excluding hydrogens is 264 g/mol. The first kappa shape index (κ1) is 12.0. The third-order valence-electron chi connectivity index (χ3n) is 3.58. The van der Waals surface area contributed by atoms with E-state index in [1.165, 1.54) is 0 Å². The number of hydrogen-bond acceptors (Lipinski definition) is 4. The highest BCUT2D eigenvalue weighted by molar-refractivity contribution is 5.76. The van der Waals surface area contributed by atoms with E-state index in [4.69, 9.17) is 4.98 Å². The SMILES string of the molecule is Cn1cc(-c2nnc3n2CCN=C3)nc1-c1ccccc1. The molecule has 6 nitrogen and oxygen atoms in total. The minimum atomic E-state index is 0.760. The van der Waals surface area contributed by atoms with Crippen LogP contribution in [0.5, 0.6) is 0 Å². The third kappa shape index (κ3) is 1.96.